The van der Waals surface area contributed by atoms with Crippen molar-refractivity contribution in [3.8, 4) is 11.5 Å². The van der Waals surface area contributed by atoms with E-state index in [9.17, 15) is 20.1 Å². The molecule has 0 bridgehead atoms. The van der Waals surface area contributed by atoms with Crippen LogP contribution in [0, 0.1) is 0 Å². The number of carbonyl (C=O) groups excluding carboxylic acids is 1. The lowest BCUT2D eigenvalue weighted by molar-refractivity contribution is -0.156. The fraction of sp³-hybridized carbons (Fsp3) is 0.526. The molecule has 0 saturated carbocycles. The van der Waals surface area contributed by atoms with E-state index in [0.29, 0.717) is 17.1 Å². The largest absolute Gasteiger partial charge is 0.541 e. The first kappa shape index (κ1) is 23.0. The van der Waals surface area contributed by atoms with Gasteiger partial charge in [-0.2, -0.15) is 0 Å². The van der Waals surface area contributed by atoms with Crippen molar-refractivity contribution in [2.45, 2.75) is 51.1 Å². The maximum Gasteiger partial charge on any atom is 0.337 e. The Balaban J connectivity index is 3.11. The Kier molecular flexibility index (Phi) is 7.47. The summed E-state index contributed by atoms with van der Waals surface area (Å²) >= 11 is 0. The van der Waals surface area contributed by atoms with E-state index >= 15 is 0 Å². The fourth-order valence-electron chi connectivity index (χ4n) is 1.95. The van der Waals surface area contributed by atoms with Crippen molar-refractivity contribution in [2.24, 2.45) is 0 Å². The number of aliphatic hydroxyl groups is 3. The minimum absolute atomic E-state index is 0.0169. The van der Waals surface area contributed by atoms with Crippen LogP contribution in [0.5, 0.6) is 11.5 Å². The molecule has 0 fully saturated rings. The Morgan fingerprint density at radius 1 is 1.11 bits per heavy atom. The van der Waals surface area contributed by atoms with Crippen LogP contribution in [0.15, 0.2) is 24.0 Å². The second-order valence-electron chi connectivity index (χ2n) is 7.75. The van der Waals surface area contributed by atoms with Crippen LogP contribution >= 0.6 is 0 Å². The molecule has 2 unspecified atom stereocenters. The van der Waals surface area contributed by atoms with Gasteiger partial charge in [-0.15, -0.1) is 0 Å². The summed E-state index contributed by atoms with van der Waals surface area (Å²) in [6, 6.07) is 5.04. The number of esters is 1. The van der Waals surface area contributed by atoms with Crippen LogP contribution in [0.2, 0.25) is 18.1 Å². The second-order valence-corrected chi connectivity index (χ2v) is 12.5. The van der Waals surface area contributed by atoms with E-state index in [1.54, 1.807) is 18.2 Å². The first-order valence-electron chi connectivity index (χ1n) is 8.55. The molecule has 1 aromatic carbocycles. The van der Waals surface area contributed by atoms with Crippen molar-refractivity contribution in [3.63, 3.8) is 0 Å². The van der Waals surface area contributed by atoms with Gasteiger partial charge >= 0.3 is 5.97 Å². The van der Waals surface area contributed by atoms with Gasteiger partial charge in [-0.3, -0.25) is 0 Å². The molecule has 7 nitrogen and oxygen atoms in total. The molecule has 0 aliphatic carbocycles. The first-order valence-corrected chi connectivity index (χ1v) is 11.5. The van der Waals surface area contributed by atoms with Crippen LogP contribution in [-0.4, -0.2) is 56.0 Å². The van der Waals surface area contributed by atoms with Crippen molar-refractivity contribution >= 4 is 20.4 Å². The van der Waals surface area contributed by atoms with Gasteiger partial charge in [0.05, 0.1) is 14.2 Å². The molecule has 0 radical (unpaired) electrons. The number of methoxy groups -OCH3 is 2. The smallest absolute Gasteiger partial charge is 0.337 e. The van der Waals surface area contributed by atoms with Crippen LogP contribution in [0.25, 0.3) is 6.08 Å². The molecule has 0 amide bonds. The average Bonchev–Trinajstić information content (AvgIpc) is 2.59. The van der Waals surface area contributed by atoms with Gasteiger partial charge in [0.25, 0.3) is 8.32 Å². The monoisotopic (exact) mass is 398 g/mol. The summed E-state index contributed by atoms with van der Waals surface area (Å²) in [5, 5.41) is 29.5. The van der Waals surface area contributed by atoms with E-state index in [1.165, 1.54) is 13.2 Å². The summed E-state index contributed by atoms with van der Waals surface area (Å²) in [6.07, 6.45) is -2.45. The van der Waals surface area contributed by atoms with Crippen LogP contribution in [-0.2, 0) is 9.53 Å². The standard InChI is InChI=1S/C19H30O7Si/c1-19(2,3)27(6,7)26-14-9-8-12(11-15(14)24-4)10-13(20)16(21)17(22)18(23)25-5/h8-11,16-17,20-22H,1-7H3/b13-10-. The SMILES string of the molecule is COC(=O)C(O)C(O)/C(O)=C/c1ccc(O[Si](C)(C)C(C)(C)C)c(OC)c1. The number of benzene rings is 1. The quantitative estimate of drug-likeness (QED) is 0.368. The summed E-state index contributed by atoms with van der Waals surface area (Å²) in [7, 11) is 0.524. The lowest BCUT2D eigenvalue weighted by atomic mass is 10.1. The Morgan fingerprint density at radius 2 is 1.70 bits per heavy atom. The summed E-state index contributed by atoms with van der Waals surface area (Å²) < 4.78 is 16.0. The molecular weight excluding hydrogens is 368 g/mol. The number of carbonyl (C=O) groups is 1. The van der Waals surface area contributed by atoms with Gasteiger partial charge in [0.1, 0.15) is 17.6 Å². The number of hydrogen-bond donors (Lipinski definition) is 3. The Bertz CT molecular complexity index is 692. The molecule has 0 saturated heterocycles. The molecule has 152 valence electrons. The molecule has 3 N–H and O–H groups in total. The third-order valence-electron chi connectivity index (χ3n) is 4.72. The Labute approximate surface area is 161 Å². The highest BCUT2D eigenvalue weighted by molar-refractivity contribution is 6.74. The molecule has 2 atom stereocenters. The summed E-state index contributed by atoms with van der Waals surface area (Å²) in [6.45, 7) is 10.6. The van der Waals surface area contributed by atoms with Crippen LogP contribution in [0.1, 0.15) is 26.3 Å². The van der Waals surface area contributed by atoms with Crippen molar-refractivity contribution in [1.29, 1.82) is 0 Å². The minimum atomic E-state index is -2.06. The van der Waals surface area contributed by atoms with Gasteiger partial charge in [0.15, 0.2) is 11.9 Å². The van der Waals surface area contributed by atoms with Crippen molar-refractivity contribution in [3.05, 3.63) is 29.5 Å². The third-order valence-corrected chi connectivity index (χ3v) is 9.06. The van der Waals surface area contributed by atoms with Crippen LogP contribution < -0.4 is 9.16 Å². The maximum atomic E-state index is 11.3. The molecule has 1 aromatic rings. The first-order chi connectivity index (χ1) is 12.3. The van der Waals surface area contributed by atoms with Crippen LogP contribution in [0.4, 0.5) is 0 Å². The summed E-state index contributed by atoms with van der Waals surface area (Å²) in [5.74, 6) is -0.550. The van der Waals surface area contributed by atoms with E-state index < -0.39 is 32.3 Å². The van der Waals surface area contributed by atoms with Gasteiger partial charge < -0.3 is 29.2 Å². The average molecular weight is 399 g/mol. The molecule has 1 rings (SSSR count). The third kappa shape index (κ3) is 5.72. The van der Waals surface area contributed by atoms with E-state index in [2.05, 4.69) is 38.6 Å². The van der Waals surface area contributed by atoms with Crippen molar-refractivity contribution < 1.29 is 34.0 Å². The zero-order chi connectivity index (χ0) is 21.0. The van der Waals surface area contributed by atoms with Gasteiger partial charge in [-0.05, 0) is 41.9 Å². The van der Waals surface area contributed by atoms with Gasteiger partial charge in [-0.1, -0.05) is 26.8 Å². The number of rotatable bonds is 7. The maximum absolute atomic E-state index is 11.3. The van der Waals surface area contributed by atoms with E-state index in [0.717, 1.165) is 7.11 Å². The lowest BCUT2D eigenvalue weighted by Crippen LogP contribution is -2.43. The summed E-state index contributed by atoms with van der Waals surface area (Å²) in [4.78, 5) is 11.3. The Morgan fingerprint density at radius 3 is 2.19 bits per heavy atom. The number of hydrogen-bond acceptors (Lipinski definition) is 7. The number of aliphatic hydroxyl groups excluding tert-OH is 3. The van der Waals surface area contributed by atoms with E-state index in [1.807, 2.05) is 0 Å². The predicted molar refractivity (Wildman–Crippen MR) is 105 cm³/mol. The molecule has 0 aliphatic heterocycles. The highest BCUT2D eigenvalue weighted by Gasteiger charge is 2.39. The zero-order valence-corrected chi connectivity index (χ0v) is 17.9. The molecule has 0 aliphatic rings. The van der Waals surface area contributed by atoms with Crippen molar-refractivity contribution in [2.75, 3.05) is 14.2 Å². The van der Waals surface area contributed by atoms with Gasteiger partial charge in [-0.25, -0.2) is 4.79 Å². The molecule has 27 heavy (non-hydrogen) atoms. The highest BCUT2D eigenvalue weighted by Crippen LogP contribution is 2.40. The molecule has 0 spiro atoms. The Hall–Kier alpha value is -2.03. The lowest BCUT2D eigenvalue weighted by Gasteiger charge is -2.36. The normalized spacial score (nSPS) is 15.1. The van der Waals surface area contributed by atoms with Crippen LogP contribution in [0.3, 0.4) is 0 Å². The van der Waals surface area contributed by atoms with Gasteiger partial charge in [0.2, 0.25) is 0 Å². The zero-order valence-electron chi connectivity index (χ0n) is 16.9. The second kappa shape index (κ2) is 8.77. The van der Waals surface area contributed by atoms with Gasteiger partial charge in [0, 0.05) is 0 Å². The minimum Gasteiger partial charge on any atom is -0.541 e. The molecule has 0 aromatic heterocycles. The molecule has 0 heterocycles. The topological polar surface area (TPSA) is 105 Å². The van der Waals surface area contributed by atoms with E-state index in [4.69, 9.17) is 9.16 Å². The van der Waals surface area contributed by atoms with E-state index in [-0.39, 0.29) is 5.04 Å². The molecular formula is C19H30O7Si. The molecule has 8 heteroatoms. The number of ether oxygens (including phenoxy) is 2. The predicted octanol–water partition coefficient (Wildman–Crippen LogP) is 2.87. The fourth-order valence-corrected chi connectivity index (χ4v) is 2.98. The highest BCUT2D eigenvalue weighted by atomic mass is 28.4. The van der Waals surface area contributed by atoms with Crippen molar-refractivity contribution in [1.82, 2.24) is 0 Å². The summed E-state index contributed by atoms with van der Waals surface area (Å²) in [5.41, 5.74) is 0.503.